The van der Waals surface area contributed by atoms with Gasteiger partial charge < -0.3 is 15.3 Å². The molecule has 1 aliphatic rings. The topological polar surface area (TPSA) is 77.8 Å². The minimum Gasteiger partial charge on any atom is -0.481 e. The molecule has 0 aromatic heterocycles. The Morgan fingerprint density at radius 1 is 0.958 bits per heavy atom. The Balaban J connectivity index is 2.24. The van der Waals surface area contributed by atoms with E-state index < -0.39 is 12.1 Å². The van der Waals surface area contributed by atoms with Gasteiger partial charge in [-0.1, -0.05) is 49.3 Å². The zero-order chi connectivity index (χ0) is 17.6. The number of carboxylic acids is 1. The van der Waals surface area contributed by atoms with Crippen molar-refractivity contribution in [2.75, 3.05) is 6.61 Å². The first-order valence-electron chi connectivity index (χ1n) is 9.16. The monoisotopic (exact) mass is 336 g/mol. The average molecular weight is 336 g/mol. The lowest BCUT2D eigenvalue weighted by molar-refractivity contribution is -0.137. The highest BCUT2D eigenvalue weighted by Gasteiger charge is 2.27. The molecule has 0 aromatic rings. The maximum absolute atomic E-state index is 10.4. The van der Waals surface area contributed by atoms with Crippen molar-refractivity contribution >= 4 is 5.97 Å². The molecule has 3 N–H and O–H groups in total. The number of carbonyl (C=O) groups is 1. The Labute approximate surface area is 145 Å². The van der Waals surface area contributed by atoms with Gasteiger partial charge >= 0.3 is 5.97 Å². The van der Waals surface area contributed by atoms with Crippen LogP contribution in [0.15, 0.2) is 36.5 Å². The van der Waals surface area contributed by atoms with Crippen LogP contribution >= 0.6 is 0 Å². The van der Waals surface area contributed by atoms with Crippen LogP contribution in [-0.2, 0) is 4.79 Å². The normalized spacial score (nSPS) is 23.7. The van der Waals surface area contributed by atoms with Crippen molar-refractivity contribution in [3.63, 3.8) is 0 Å². The smallest absolute Gasteiger partial charge is 0.303 e. The van der Waals surface area contributed by atoms with Gasteiger partial charge in [0, 0.05) is 24.9 Å². The molecule has 1 rings (SSSR count). The van der Waals surface area contributed by atoms with Gasteiger partial charge in [-0.3, -0.25) is 4.79 Å². The average Bonchev–Trinajstić information content (AvgIpc) is 2.90. The Bertz CT molecular complexity index is 425. The molecular weight excluding hydrogens is 304 g/mol. The highest BCUT2D eigenvalue weighted by molar-refractivity contribution is 5.66. The van der Waals surface area contributed by atoms with Gasteiger partial charge in [0.25, 0.3) is 0 Å². The van der Waals surface area contributed by atoms with E-state index >= 15 is 0 Å². The van der Waals surface area contributed by atoms with Gasteiger partial charge in [0.1, 0.15) is 0 Å². The SMILES string of the molecule is O=C(O)CCCC=CC[C@H]1[C@@H](C=CCCCCCCO)C=C[C@@H]1O. The first-order valence-corrected chi connectivity index (χ1v) is 9.16. The summed E-state index contributed by atoms with van der Waals surface area (Å²) < 4.78 is 0. The molecule has 4 nitrogen and oxygen atoms in total. The molecule has 0 fully saturated rings. The minimum absolute atomic E-state index is 0.186. The summed E-state index contributed by atoms with van der Waals surface area (Å²) in [5.74, 6) is -0.284. The molecule has 0 radical (unpaired) electrons. The molecule has 0 unspecified atom stereocenters. The van der Waals surface area contributed by atoms with Gasteiger partial charge in [0.2, 0.25) is 0 Å². The van der Waals surface area contributed by atoms with Crippen molar-refractivity contribution < 1.29 is 20.1 Å². The molecule has 24 heavy (non-hydrogen) atoms. The van der Waals surface area contributed by atoms with Crippen LogP contribution in [0, 0.1) is 11.8 Å². The molecular formula is C20H32O4. The maximum atomic E-state index is 10.4. The summed E-state index contributed by atoms with van der Waals surface area (Å²) in [5.41, 5.74) is 0. The number of rotatable bonds is 13. The summed E-state index contributed by atoms with van der Waals surface area (Å²) in [7, 11) is 0. The first kappa shape index (κ1) is 20.7. The van der Waals surface area contributed by atoms with E-state index in [2.05, 4.69) is 24.3 Å². The van der Waals surface area contributed by atoms with Gasteiger partial charge in [0.15, 0.2) is 0 Å². The summed E-state index contributed by atoms with van der Waals surface area (Å²) in [6.07, 6.45) is 19.8. The number of hydrogen-bond acceptors (Lipinski definition) is 3. The quantitative estimate of drug-likeness (QED) is 0.353. The Morgan fingerprint density at radius 3 is 2.46 bits per heavy atom. The predicted octanol–water partition coefficient (Wildman–Crippen LogP) is 3.85. The molecule has 0 aliphatic heterocycles. The molecule has 0 aromatic carbocycles. The van der Waals surface area contributed by atoms with Crippen molar-refractivity contribution in [3.8, 4) is 0 Å². The summed E-state index contributed by atoms with van der Waals surface area (Å²) >= 11 is 0. The number of carboxylic acid groups (broad SMARTS) is 1. The molecule has 0 bridgehead atoms. The molecule has 0 saturated carbocycles. The van der Waals surface area contributed by atoms with Gasteiger partial charge in [-0.15, -0.1) is 0 Å². The third-order valence-electron chi connectivity index (χ3n) is 4.44. The number of aliphatic hydroxyl groups is 2. The number of allylic oxidation sites excluding steroid dienone is 5. The molecule has 3 atom stereocenters. The molecule has 0 amide bonds. The fourth-order valence-corrected chi connectivity index (χ4v) is 2.98. The van der Waals surface area contributed by atoms with Crippen LogP contribution in [0.2, 0.25) is 0 Å². The van der Waals surface area contributed by atoms with Crippen LogP contribution in [0.3, 0.4) is 0 Å². The summed E-state index contributed by atoms with van der Waals surface area (Å²) in [6, 6.07) is 0. The van der Waals surface area contributed by atoms with E-state index in [-0.39, 0.29) is 24.9 Å². The fourth-order valence-electron chi connectivity index (χ4n) is 2.98. The Kier molecular flexibility index (Phi) is 11.2. The van der Waals surface area contributed by atoms with E-state index in [0.29, 0.717) is 6.42 Å². The summed E-state index contributed by atoms with van der Waals surface area (Å²) in [6.45, 7) is 0.284. The Hall–Kier alpha value is -1.39. The highest BCUT2D eigenvalue weighted by Crippen LogP contribution is 2.30. The number of aliphatic carboxylic acids is 1. The van der Waals surface area contributed by atoms with Crippen LogP contribution < -0.4 is 0 Å². The van der Waals surface area contributed by atoms with Crippen molar-refractivity contribution in [2.45, 2.75) is 63.9 Å². The zero-order valence-electron chi connectivity index (χ0n) is 14.5. The molecule has 1 aliphatic carbocycles. The van der Waals surface area contributed by atoms with Crippen molar-refractivity contribution in [1.82, 2.24) is 0 Å². The molecule has 0 heterocycles. The van der Waals surface area contributed by atoms with Gasteiger partial charge in [0.05, 0.1) is 6.10 Å². The Morgan fingerprint density at radius 2 is 1.71 bits per heavy atom. The second kappa shape index (κ2) is 13.0. The van der Waals surface area contributed by atoms with E-state index in [1.54, 1.807) is 0 Å². The van der Waals surface area contributed by atoms with Gasteiger partial charge in [-0.05, 0) is 38.5 Å². The number of unbranched alkanes of at least 4 members (excludes halogenated alkanes) is 5. The second-order valence-electron chi connectivity index (χ2n) is 6.46. The molecule has 136 valence electrons. The highest BCUT2D eigenvalue weighted by atomic mass is 16.4. The molecule has 4 heteroatoms. The second-order valence-corrected chi connectivity index (χ2v) is 6.46. The van der Waals surface area contributed by atoms with Crippen molar-refractivity contribution in [2.24, 2.45) is 11.8 Å². The van der Waals surface area contributed by atoms with Crippen LogP contribution in [0.5, 0.6) is 0 Å². The lowest BCUT2D eigenvalue weighted by atomic mass is 9.90. The van der Waals surface area contributed by atoms with E-state index in [4.69, 9.17) is 10.2 Å². The first-order chi connectivity index (χ1) is 11.6. The maximum Gasteiger partial charge on any atom is 0.303 e. The van der Waals surface area contributed by atoms with Crippen molar-refractivity contribution in [3.05, 3.63) is 36.5 Å². The van der Waals surface area contributed by atoms with E-state index in [1.165, 1.54) is 0 Å². The lowest BCUT2D eigenvalue weighted by Crippen LogP contribution is -2.18. The third kappa shape index (κ3) is 9.04. The molecule has 0 spiro atoms. The zero-order valence-corrected chi connectivity index (χ0v) is 14.5. The van der Waals surface area contributed by atoms with Gasteiger partial charge in [-0.2, -0.15) is 0 Å². The van der Waals surface area contributed by atoms with Crippen LogP contribution in [0.4, 0.5) is 0 Å². The summed E-state index contributed by atoms with van der Waals surface area (Å²) in [5, 5.41) is 27.4. The fraction of sp³-hybridized carbons (Fsp3) is 0.650. The van der Waals surface area contributed by atoms with Crippen molar-refractivity contribution in [1.29, 1.82) is 0 Å². The van der Waals surface area contributed by atoms with E-state index in [1.807, 2.05) is 12.2 Å². The minimum atomic E-state index is -0.750. The predicted molar refractivity (Wildman–Crippen MR) is 96.7 cm³/mol. The van der Waals surface area contributed by atoms with Crippen LogP contribution in [0.1, 0.15) is 57.8 Å². The summed E-state index contributed by atoms with van der Waals surface area (Å²) in [4.78, 5) is 10.4. The van der Waals surface area contributed by atoms with Gasteiger partial charge in [-0.25, -0.2) is 0 Å². The largest absolute Gasteiger partial charge is 0.481 e. The standard InChI is InChI=1S/C20H32O4/c21-16-10-6-2-1-3-7-11-17-14-15-19(22)18(17)12-8-4-5-9-13-20(23)24/h4,7-8,11,14-15,17-19,21-22H,1-3,5-6,9-10,12-13,16H2,(H,23,24)/t17-,18-,19-/m0/s1. The molecule has 0 saturated heterocycles. The third-order valence-corrected chi connectivity index (χ3v) is 4.44. The van der Waals surface area contributed by atoms with E-state index in [0.717, 1.165) is 44.9 Å². The number of hydrogen-bond donors (Lipinski definition) is 3. The van der Waals surface area contributed by atoms with Crippen LogP contribution in [0.25, 0.3) is 0 Å². The van der Waals surface area contributed by atoms with E-state index in [9.17, 15) is 9.90 Å². The number of aliphatic hydroxyl groups excluding tert-OH is 2. The van der Waals surface area contributed by atoms with Crippen LogP contribution in [-0.4, -0.2) is 34.0 Å². The lowest BCUT2D eigenvalue weighted by Gasteiger charge is -2.18.